The molecule has 0 unspecified atom stereocenters. The van der Waals surface area contributed by atoms with Gasteiger partial charge in [0.1, 0.15) is 0 Å². The number of rotatable bonds is 2. The molecular formula is C11H16N2O2. The van der Waals surface area contributed by atoms with Crippen LogP contribution in [0.4, 0.5) is 0 Å². The van der Waals surface area contributed by atoms with E-state index >= 15 is 0 Å². The highest BCUT2D eigenvalue weighted by Gasteiger charge is 2.18. The third-order valence-electron chi connectivity index (χ3n) is 2.68. The van der Waals surface area contributed by atoms with Crippen LogP contribution < -0.4 is 4.74 Å². The highest BCUT2D eigenvalue weighted by atomic mass is 16.5. The van der Waals surface area contributed by atoms with E-state index in [-0.39, 0.29) is 0 Å². The van der Waals surface area contributed by atoms with Gasteiger partial charge in [-0.05, 0) is 25.8 Å². The lowest BCUT2D eigenvalue weighted by molar-refractivity contribution is 0.0843. The SMILES string of the molecule is COc1nc(C)cc(C2CCOCC2)n1. The summed E-state index contributed by atoms with van der Waals surface area (Å²) in [5, 5.41) is 0. The van der Waals surface area contributed by atoms with Gasteiger partial charge < -0.3 is 9.47 Å². The van der Waals surface area contributed by atoms with Crippen LogP contribution in [0.2, 0.25) is 0 Å². The predicted molar refractivity (Wildman–Crippen MR) is 56.1 cm³/mol. The zero-order valence-corrected chi connectivity index (χ0v) is 9.19. The Morgan fingerprint density at radius 1 is 1.33 bits per heavy atom. The van der Waals surface area contributed by atoms with Gasteiger partial charge in [-0.1, -0.05) is 0 Å². The maximum Gasteiger partial charge on any atom is 0.316 e. The second-order valence-electron chi connectivity index (χ2n) is 3.81. The quantitative estimate of drug-likeness (QED) is 0.741. The van der Waals surface area contributed by atoms with Crippen molar-refractivity contribution in [3.05, 3.63) is 17.5 Å². The molecule has 0 spiro atoms. The number of aromatic nitrogens is 2. The zero-order valence-electron chi connectivity index (χ0n) is 9.19. The molecule has 82 valence electrons. The number of aryl methyl sites for hydroxylation is 1. The lowest BCUT2D eigenvalue weighted by Crippen LogP contribution is -2.15. The fourth-order valence-electron chi connectivity index (χ4n) is 1.86. The average molecular weight is 208 g/mol. The zero-order chi connectivity index (χ0) is 10.7. The van der Waals surface area contributed by atoms with Crippen LogP contribution in [0, 0.1) is 6.92 Å². The summed E-state index contributed by atoms with van der Waals surface area (Å²) in [7, 11) is 1.60. The van der Waals surface area contributed by atoms with Crippen molar-refractivity contribution in [2.45, 2.75) is 25.7 Å². The lowest BCUT2D eigenvalue weighted by atomic mass is 9.96. The predicted octanol–water partition coefficient (Wildman–Crippen LogP) is 1.69. The van der Waals surface area contributed by atoms with Gasteiger partial charge in [0.25, 0.3) is 0 Å². The van der Waals surface area contributed by atoms with E-state index in [0.717, 1.165) is 37.4 Å². The summed E-state index contributed by atoms with van der Waals surface area (Å²) >= 11 is 0. The molecule has 0 amide bonds. The van der Waals surface area contributed by atoms with Crippen LogP contribution in [-0.4, -0.2) is 30.3 Å². The van der Waals surface area contributed by atoms with Gasteiger partial charge in [0, 0.05) is 24.8 Å². The highest BCUT2D eigenvalue weighted by molar-refractivity contribution is 5.16. The molecule has 4 nitrogen and oxygen atoms in total. The topological polar surface area (TPSA) is 44.2 Å². The molecule has 15 heavy (non-hydrogen) atoms. The fourth-order valence-corrected chi connectivity index (χ4v) is 1.86. The van der Waals surface area contributed by atoms with E-state index in [1.807, 2.05) is 13.0 Å². The molecule has 0 N–H and O–H groups in total. The van der Waals surface area contributed by atoms with Crippen LogP contribution in [0.5, 0.6) is 6.01 Å². The first-order valence-electron chi connectivity index (χ1n) is 5.27. The van der Waals surface area contributed by atoms with Crippen LogP contribution in [0.15, 0.2) is 6.07 Å². The van der Waals surface area contributed by atoms with Crippen LogP contribution >= 0.6 is 0 Å². The maximum atomic E-state index is 5.33. The Bertz CT molecular complexity index is 335. The molecule has 0 aromatic carbocycles. The largest absolute Gasteiger partial charge is 0.467 e. The summed E-state index contributed by atoms with van der Waals surface area (Å²) in [5.74, 6) is 0.495. The summed E-state index contributed by atoms with van der Waals surface area (Å²) in [5.41, 5.74) is 2.05. The van der Waals surface area contributed by atoms with Crippen molar-refractivity contribution in [3.8, 4) is 6.01 Å². The Kier molecular flexibility index (Phi) is 3.16. The van der Waals surface area contributed by atoms with E-state index in [1.54, 1.807) is 7.11 Å². The van der Waals surface area contributed by atoms with Crippen LogP contribution in [0.3, 0.4) is 0 Å². The summed E-state index contributed by atoms with van der Waals surface area (Å²) < 4.78 is 10.4. The van der Waals surface area contributed by atoms with Crippen molar-refractivity contribution in [2.24, 2.45) is 0 Å². The van der Waals surface area contributed by atoms with Gasteiger partial charge in [0.2, 0.25) is 0 Å². The van der Waals surface area contributed by atoms with Crippen molar-refractivity contribution >= 4 is 0 Å². The number of ether oxygens (including phenoxy) is 2. The molecule has 1 aromatic heterocycles. The van der Waals surface area contributed by atoms with Gasteiger partial charge in [-0.2, -0.15) is 4.98 Å². The van der Waals surface area contributed by atoms with E-state index in [4.69, 9.17) is 9.47 Å². The molecule has 2 heterocycles. The first-order chi connectivity index (χ1) is 7.29. The van der Waals surface area contributed by atoms with Gasteiger partial charge >= 0.3 is 6.01 Å². The number of nitrogens with zero attached hydrogens (tertiary/aromatic N) is 2. The molecule has 0 aliphatic carbocycles. The summed E-state index contributed by atoms with van der Waals surface area (Å²) in [6, 6.07) is 2.51. The second kappa shape index (κ2) is 4.57. The smallest absolute Gasteiger partial charge is 0.316 e. The first-order valence-corrected chi connectivity index (χ1v) is 5.27. The molecule has 1 aromatic rings. The Morgan fingerprint density at radius 2 is 2.07 bits per heavy atom. The molecule has 1 fully saturated rings. The van der Waals surface area contributed by atoms with E-state index in [1.165, 1.54) is 0 Å². The summed E-state index contributed by atoms with van der Waals surface area (Å²) in [4.78, 5) is 8.57. The van der Waals surface area contributed by atoms with Crippen LogP contribution in [0.1, 0.15) is 30.1 Å². The van der Waals surface area contributed by atoms with Gasteiger partial charge in [-0.25, -0.2) is 4.98 Å². The van der Waals surface area contributed by atoms with Gasteiger partial charge in [-0.15, -0.1) is 0 Å². The molecule has 0 bridgehead atoms. The molecule has 1 aliphatic heterocycles. The average Bonchev–Trinajstić information content (AvgIpc) is 2.29. The highest BCUT2D eigenvalue weighted by Crippen LogP contribution is 2.26. The van der Waals surface area contributed by atoms with Gasteiger partial charge in [0.15, 0.2) is 0 Å². The van der Waals surface area contributed by atoms with E-state index in [0.29, 0.717) is 11.9 Å². The Labute approximate surface area is 89.6 Å². The Hall–Kier alpha value is -1.16. The fraction of sp³-hybridized carbons (Fsp3) is 0.636. The number of hydrogen-bond donors (Lipinski definition) is 0. The van der Waals surface area contributed by atoms with Crippen LogP contribution in [-0.2, 0) is 4.74 Å². The minimum absolute atomic E-state index is 0.469. The lowest BCUT2D eigenvalue weighted by Gasteiger charge is -2.21. The normalized spacial score (nSPS) is 17.7. The minimum atomic E-state index is 0.469. The molecular weight excluding hydrogens is 192 g/mol. The van der Waals surface area contributed by atoms with E-state index < -0.39 is 0 Å². The van der Waals surface area contributed by atoms with Crippen LogP contribution in [0.25, 0.3) is 0 Å². The molecule has 4 heteroatoms. The summed E-state index contributed by atoms with van der Waals surface area (Å²) in [6.07, 6.45) is 2.08. The molecule has 1 aliphatic rings. The number of hydrogen-bond acceptors (Lipinski definition) is 4. The Balaban J connectivity index is 2.22. The van der Waals surface area contributed by atoms with Gasteiger partial charge in [-0.3, -0.25) is 0 Å². The maximum absolute atomic E-state index is 5.33. The first kappa shape index (κ1) is 10.4. The summed E-state index contributed by atoms with van der Waals surface area (Å²) in [6.45, 7) is 3.62. The third kappa shape index (κ3) is 2.45. The molecule has 1 saturated heterocycles. The van der Waals surface area contributed by atoms with E-state index in [9.17, 15) is 0 Å². The third-order valence-corrected chi connectivity index (χ3v) is 2.68. The van der Waals surface area contributed by atoms with Crippen molar-refractivity contribution in [3.63, 3.8) is 0 Å². The second-order valence-corrected chi connectivity index (χ2v) is 3.81. The van der Waals surface area contributed by atoms with Crippen molar-refractivity contribution in [1.29, 1.82) is 0 Å². The minimum Gasteiger partial charge on any atom is -0.467 e. The standard InChI is InChI=1S/C11H16N2O2/c1-8-7-10(13-11(12-8)14-2)9-3-5-15-6-4-9/h7,9H,3-6H2,1-2H3. The van der Waals surface area contributed by atoms with E-state index in [2.05, 4.69) is 9.97 Å². The molecule has 0 radical (unpaired) electrons. The Morgan fingerprint density at radius 3 is 2.73 bits per heavy atom. The van der Waals surface area contributed by atoms with Crippen molar-refractivity contribution in [1.82, 2.24) is 9.97 Å². The number of methoxy groups -OCH3 is 1. The van der Waals surface area contributed by atoms with Crippen molar-refractivity contribution in [2.75, 3.05) is 20.3 Å². The van der Waals surface area contributed by atoms with Gasteiger partial charge in [0.05, 0.1) is 12.8 Å². The molecule has 0 atom stereocenters. The monoisotopic (exact) mass is 208 g/mol. The molecule has 2 rings (SSSR count). The molecule has 0 saturated carbocycles. The van der Waals surface area contributed by atoms with Crippen molar-refractivity contribution < 1.29 is 9.47 Å².